The van der Waals surface area contributed by atoms with Gasteiger partial charge in [0.25, 0.3) is 5.56 Å². The third-order valence-corrected chi connectivity index (χ3v) is 4.17. The van der Waals surface area contributed by atoms with Crippen LogP contribution >= 0.6 is 0 Å². The van der Waals surface area contributed by atoms with E-state index in [9.17, 15) is 9.59 Å². The number of methoxy groups -OCH3 is 1. The summed E-state index contributed by atoms with van der Waals surface area (Å²) in [6, 6.07) is 7.37. The number of anilines is 1. The molecule has 9 heteroatoms. The van der Waals surface area contributed by atoms with Crippen molar-refractivity contribution in [2.24, 2.45) is 19.2 Å². The molecular formula is C18H20N6O3. The maximum absolute atomic E-state index is 12.6. The molecule has 0 atom stereocenters. The van der Waals surface area contributed by atoms with Crippen molar-refractivity contribution < 1.29 is 4.74 Å². The predicted molar refractivity (Wildman–Crippen MR) is 105 cm³/mol. The van der Waals surface area contributed by atoms with Gasteiger partial charge in [0.2, 0.25) is 5.95 Å². The highest BCUT2D eigenvalue weighted by Gasteiger charge is 2.17. The lowest BCUT2D eigenvalue weighted by Crippen LogP contribution is -2.39. The Morgan fingerprint density at radius 2 is 1.93 bits per heavy atom. The van der Waals surface area contributed by atoms with Crippen molar-refractivity contribution in [3.63, 3.8) is 0 Å². The second-order valence-corrected chi connectivity index (χ2v) is 5.86. The van der Waals surface area contributed by atoms with E-state index in [1.54, 1.807) is 32.0 Å². The molecule has 0 spiro atoms. The van der Waals surface area contributed by atoms with E-state index < -0.39 is 11.2 Å². The Bertz CT molecular complexity index is 1140. The minimum absolute atomic E-state index is 0.130. The van der Waals surface area contributed by atoms with Crippen LogP contribution in [0, 0.1) is 0 Å². The SMILES string of the molecule is C=CCn1c(=O)c2c(nc(N/N=C/c3ccc(OC)cc3)n2C)n(C)c1=O. The molecule has 27 heavy (non-hydrogen) atoms. The molecule has 0 aliphatic heterocycles. The van der Waals surface area contributed by atoms with Gasteiger partial charge < -0.3 is 9.30 Å². The first-order valence-electron chi connectivity index (χ1n) is 8.18. The number of aryl methyl sites for hydroxylation is 2. The summed E-state index contributed by atoms with van der Waals surface area (Å²) < 4.78 is 9.13. The van der Waals surface area contributed by atoms with E-state index in [4.69, 9.17) is 4.74 Å². The van der Waals surface area contributed by atoms with Crippen LogP contribution in [0.15, 0.2) is 51.6 Å². The van der Waals surface area contributed by atoms with E-state index in [0.29, 0.717) is 11.5 Å². The standard InChI is InChI=1S/C18H20N6O3/c1-5-10-24-16(25)14-15(23(3)18(24)26)20-17(22(14)2)21-19-11-12-6-8-13(27-4)9-7-12/h5-9,11H,1,10H2,2-4H3,(H,20,21)/b19-11+. The highest BCUT2D eigenvalue weighted by atomic mass is 16.5. The second kappa shape index (κ2) is 7.32. The van der Waals surface area contributed by atoms with Crippen molar-refractivity contribution in [3.8, 4) is 5.75 Å². The molecule has 2 heterocycles. The highest BCUT2D eigenvalue weighted by Crippen LogP contribution is 2.14. The first-order chi connectivity index (χ1) is 13.0. The van der Waals surface area contributed by atoms with Gasteiger partial charge in [0.1, 0.15) is 5.75 Å². The Balaban J connectivity index is 1.97. The van der Waals surface area contributed by atoms with E-state index in [0.717, 1.165) is 15.9 Å². The van der Waals surface area contributed by atoms with Gasteiger partial charge in [-0.25, -0.2) is 10.2 Å². The van der Waals surface area contributed by atoms with E-state index in [1.165, 1.54) is 10.6 Å². The fourth-order valence-corrected chi connectivity index (χ4v) is 2.69. The van der Waals surface area contributed by atoms with Crippen LogP contribution in [0.5, 0.6) is 5.75 Å². The van der Waals surface area contributed by atoms with Crippen LogP contribution in [0.1, 0.15) is 5.56 Å². The van der Waals surface area contributed by atoms with E-state index in [-0.39, 0.29) is 12.2 Å². The number of hydrazone groups is 1. The Hall–Kier alpha value is -3.62. The van der Waals surface area contributed by atoms with Crippen LogP contribution in [0.3, 0.4) is 0 Å². The monoisotopic (exact) mass is 368 g/mol. The molecule has 0 fully saturated rings. The number of nitrogens with zero attached hydrogens (tertiary/aromatic N) is 5. The quantitative estimate of drug-likeness (QED) is 0.399. The zero-order chi connectivity index (χ0) is 19.6. The van der Waals surface area contributed by atoms with Gasteiger partial charge in [-0.3, -0.25) is 13.9 Å². The molecule has 3 aromatic rings. The number of hydrogen-bond acceptors (Lipinski definition) is 6. The van der Waals surface area contributed by atoms with Crippen molar-refractivity contribution in [2.75, 3.05) is 12.5 Å². The number of allylic oxidation sites excluding steroid dienone is 1. The fourth-order valence-electron chi connectivity index (χ4n) is 2.69. The maximum atomic E-state index is 12.6. The summed E-state index contributed by atoms with van der Waals surface area (Å²) >= 11 is 0. The first-order valence-corrected chi connectivity index (χ1v) is 8.18. The second-order valence-electron chi connectivity index (χ2n) is 5.86. The zero-order valence-corrected chi connectivity index (χ0v) is 15.3. The number of hydrogen-bond donors (Lipinski definition) is 1. The summed E-state index contributed by atoms with van der Waals surface area (Å²) in [5, 5.41) is 4.15. The van der Waals surface area contributed by atoms with Gasteiger partial charge in [0.05, 0.1) is 13.3 Å². The Labute approximate surface area is 154 Å². The number of ether oxygens (including phenoxy) is 1. The number of benzene rings is 1. The smallest absolute Gasteiger partial charge is 0.332 e. The molecule has 0 aliphatic rings. The van der Waals surface area contributed by atoms with Crippen LogP contribution in [0.2, 0.25) is 0 Å². The molecule has 1 aromatic carbocycles. The molecule has 0 saturated carbocycles. The summed E-state index contributed by atoms with van der Waals surface area (Å²) in [6.45, 7) is 3.72. The summed E-state index contributed by atoms with van der Waals surface area (Å²) in [4.78, 5) is 29.3. The average molecular weight is 368 g/mol. The Morgan fingerprint density at radius 3 is 2.56 bits per heavy atom. The average Bonchev–Trinajstić information content (AvgIpc) is 3.01. The summed E-state index contributed by atoms with van der Waals surface area (Å²) in [5.41, 5.74) is 3.40. The summed E-state index contributed by atoms with van der Waals surface area (Å²) in [7, 11) is 4.86. The third kappa shape index (κ3) is 3.26. The molecular weight excluding hydrogens is 348 g/mol. The molecule has 0 saturated heterocycles. The molecule has 0 bridgehead atoms. The molecule has 3 rings (SSSR count). The lowest BCUT2D eigenvalue weighted by atomic mass is 10.2. The molecule has 0 radical (unpaired) electrons. The molecule has 2 aromatic heterocycles. The van der Waals surface area contributed by atoms with Gasteiger partial charge in [0, 0.05) is 20.6 Å². The van der Waals surface area contributed by atoms with Gasteiger partial charge in [-0.2, -0.15) is 10.1 Å². The van der Waals surface area contributed by atoms with Gasteiger partial charge >= 0.3 is 5.69 Å². The maximum Gasteiger partial charge on any atom is 0.332 e. The minimum atomic E-state index is -0.446. The lowest BCUT2D eigenvalue weighted by molar-refractivity contribution is 0.415. The number of rotatable bonds is 6. The van der Waals surface area contributed by atoms with Crippen LogP contribution in [0.25, 0.3) is 11.2 Å². The zero-order valence-electron chi connectivity index (χ0n) is 15.3. The first kappa shape index (κ1) is 18.2. The summed E-state index contributed by atoms with van der Waals surface area (Å²) in [5.74, 6) is 1.10. The number of fused-ring (bicyclic) bond motifs is 1. The van der Waals surface area contributed by atoms with E-state index >= 15 is 0 Å². The molecule has 0 amide bonds. The summed E-state index contributed by atoms with van der Waals surface area (Å²) in [6.07, 6.45) is 3.12. The van der Waals surface area contributed by atoms with E-state index in [1.807, 2.05) is 24.3 Å². The van der Waals surface area contributed by atoms with Crippen LogP contribution in [-0.2, 0) is 20.6 Å². The number of nitrogens with one attached hydrogen (secondary N) is 1. The Morgan fingerprint density at radius 1 is 1.22 bits per heavy atom. The lowest BCUT2D eigenvalue weighted by Gasteiger charge is -2.06. The minimum Gasteiger partial charge on any atom is -0.497 e. The largest absolute Gasteiger partial charge is 0.497 e. The molecule has 140 valence electrons. The normalized spacial score (nSPS) is 11.2. The molecule has 0 aliphatic carbocycles. The Kier molecular flexibility index (Phi) is 4.93. The van der Waals surface area contributed by atoms with Crippen molar-refractivity contribution in [1.29, 1.82) is 0 Å². The van der Waals surface area contributed by atoms with Crippen molar-refractivity contribution in [3.05, 3.63) is 63.3 Å². The highest BCUT2D eigenvalue weighted by molar-refractivity contribution is 5.80. The van der Waals surface area contributed by atoms with Crippen molar-refractivity contribution in [1.82, 2.24) is 18.7 Å². The fraction of sp³-hybridized carbons (Fsp3) is 0.222. The van der Waals surface area contributed by atoms with E-state index in [2.05, 4.69) is 22.1 Å². The van der Waals surface area contributed by atoms with Gasteiger partial charge in [-0.1, -0.05) is 6.08 Å². The van der Waals surface area contributed by atoms with Gasteiger partial charge in [0.15, 0.2) is 11.2 Å². The molecule has 1 N–H and O–H groups in total. The van der Waals surface area contributed by atoms with Gasteiger partial charge in [-0.05, 0) is 29.8 Å². The van der Waals surface area contributed by atoms with Gasteiger partial charge in [-0.15, -0.1) is 6.58 Å². The number of imidazole rings is 1. The van der Waals surface area contributed by atoms with Crippen molar-refractivity contribution >= 4 is 23.3 Å². The molecule has 0 unspecified atom stereocenters. The molecule has 9 nitrogen and oxygen atoms in total. The number of aromatic nitrogens is 4. The van der Waals surface area contributed by atoms with Crippen LogP contribution in [0.4, 0.5) is 5.95 Å². The van der Waals surface area contributed by atoms with Crippen LogP contribution in [-0.4, -0.2) is 32.0 Å². The topological polar surface area (TPSA) is 95.4 Å². The van der Waals surface area contributed by atoms with Crippen molar-refractivity contribution in [2.45, 2.75) is 6.54 Å². The predicted octanol–water partition coefficient (Wildman–Crippen LogP) is 1.07. The third-order valence-electron chi connectivity index (χ3n) is 4.17. The van der Waals surface area contributed by atoms with Crippen LogP contribution < -0.4 is 21.4 Å².